The van der Waals surface area contributed by atoms with Crippen molar-refractivity contribution < 1.29 is 4.74 Å². The second-order valence-corrected chi connectivity index (χ2v) is 4.20. The Hall–Kier alpha value is -1.53. The number of nitriles is 1. The molecule has 0 aromatic heterocycles. The average molecular weight is 216 g/mol. The van der Waals surface area contributed by atoms with Gasteiger partial charge in [-0.1, -0.05) is 6.07 Å². The SMILES string of the molecule is Cc1ccc(C#N)cc1OCC1CCCN1. The van der Waals surface area contributed by atoms with Crippen molar-refractivity contribution in [3.63, 3.8) is 0 Å². The fourth-order valence-corrected chi connectivity index (χ4v) is 1.91. The molecule has 0 radical (unpaired) electrons. The molecule has 0 aliphatic carbocycles. The molecule has 1 N–H and O–H groups in total. The first-order valence-electron chi connectivity index (χ1n) is 5.66. The number of ether oxygens (including phenoxy) is 1. The van der Waals surface area contributed by atoms with Gasteiger partial charge in [0.15, 0.2) is 0 Å². The van der Waals surface area contributed by atoms with Gasteiger partial charge < -0.3 is 10.1 Å². The van der Waals surface area contributed by atoms with Gasteiger partial charge in [0.25, 0.3) is 0 Å². The van der Waals surface area contributed by atoms with E-state index < -0.39 is 0 Å². The largest absolute Gasteiger partial charge is 0.492 e. The van der Waals surface area contributed by atoms with Crippen molar-refractivity contribution in [1.29, 1.82) is 5.26 Å². The van der Waals surface area contributed by atoms with Gasteiger partial charge in [0, 0.05) is 6.04 Å². The van der Waals surface area contributed by atoms with Crippen LogP contribution in [0.4, 0.5) is 0 Å². The van der Waals surface area contributed by atoms with Crippen molar-refractivity contribution in [2.24, 2.45) is 0 Å². The Balaban J connectivity index is 2.00. The highest BCUT2D eigenvalue weighted by Crippen LogP contribution is 2.20. The van der Waals surface area contributed by atoms with Crippen LogP contribution in [0, 0.1) is 18.3 Å². The van der Waals surface area contributed by atoms with Gasteiger partial charge in [-0.15, -0.1) is 0 Å². The second kappa shape index (κ2) is 5.00. The molecular weight excluding hydrogens is 200 g/mol. The van der Waals surface area contributed by atoms with E-state index in [-0.39, 0.29) is 0 Å². The monoisotopic (exact) mass is 216 g/mol. The first kappa shape index (κ1) is 11.0. The maximum Gasteiger partial charge on any atom is 0.123 e. The zero-order chi connectivity index (χ0) is 11.4. The number of hydrogen-bond acceptors (Lipinski definition) is 3. The lowest BCUT2D eigenvalue weighted by molar-refractivity contribution is 0.275. The van der Waals surface area contributed by atoms with E-state index in [9.17, 15) is 0 Å². The zero-order valence-corrected chi connectivity index (χ0v) is 9.49. The zero-order valence-electron chi connectivity index (χ0n) is 9.49. The fourth-order valence-electron chi connectivity index (χ4n) is 1.91. The number of hydrogen-bond donors (Lipinski definition) is 1. The Morgan fingerprint density at radius 2 is 2.44 bits per heavy atom. The van der Waals surface area contributed by atoms with Crippen molar-refractivity contribution in [3.8, 4) is 11.8 Å². The van der Waals surface area contributed by atoms with E-state index in [1.807, 2.05) is 25.1 Å². The Morgan fingerprint density at radius 3 is 3.12 bits per heavy atom. The van der Waals surface area contributed by atoms with Crippen LogP contribution >= 0.6 is 0 Å². The molecule has 1 fully saturated rings. The number of aryl methyl sites for hydroxylation is 1. The maximum atomic E-state index is 8.81. The van der Waals surface area contributed by atoms with Crippen LogP contribution in [-0.2, 0) is 0 Å². The summed E-state index contributed by atoms with van der Waals surface area (Å²) in [6, 6.07) is 8.14. The molecule has 84 valence electrons. The summed E-state index contributed by atoms with van der Waals surface area (Å²) in [5, 5.41) is 12.2. The number of benzene rings is 1. The molecule has 0 amide bonds. The van der Waals surface area contributed by atoms with Crippen molar-refractivity contribution >= 4 is 0 Å². The van der Waals surface area contributed by atoms with Crippen molar-refractivity contribution in [2.75, 3.05) is 13.2 Å². The number of nitrogens with zero attached hydrogens (tertiary/aromatic N) is 1. The molecule has 2 rings (SSSR count). The first-order valence-corrected chi connectivity index (χ1v) is 5.66. The second-order valence-electron chi connectivity index (χ2n) is 4.20. The third-order valence-electron chi connectivity index (χ3n) is 2.92. The van der Waals surface area contributed by atoms with E-state index in [0.717, 1.165) is 17.9 Å². The molecule has 0 spiro atoms. The third-order valence-corrected chi connectivity index (χ3v) is 2.92. The quantitative estimate of drug-likeness (QED) is 0.840. The molecular formula is C13H16N2O. The Morgan fingerprint density at radius 1 is 1.56 bits per heavy atom. The van der Waals surface area contributed by atoms with E-state index in [2.05, 4.69) is 11.4 Å². The third kappa shape index (κ3) is 2.53. The van der Waals surface area contributed by atoms with Crippen molar-refractivity contribution in [1.82, 2.24) is 5.32 Å². The van der Waals surface area contributed by atoms with E-state index in [0.29, 0.717) is 18.2 Å². The van der Waals surface area contributed by atoms with Crippen LogP contribution in [0.2, 0.25) is 0 Å². The predicted molar refractivity (Wildman–Crippen MR) is 62.4 cm³/mol. The standard InChI is InChI=1S/C13H16N2O/c1-10-4-5-11(8-14)7-13(10)16-9-12-3-2-6-15-12/h4-5,7,12,15H,2-3,6,9H2,1H3. The van der Waals surface area contributed by atoms with Crippen LogP contribution in [0.3, 0.4) is 0 Å². The maximum absolute atomic E-state index is 8.81. The summed E-state index contributed by atoms with van der Waals surface area (Å²) in [5.41, 5.74) is 1.73. The van der Waals surface area contributed by atoms with Gasteiger partial charge in [0.05, 0.1) is 11.6 Å². The lowest BCUT2D eigenvalue weighted by Crippen LogP contribution is -2.28. The van der Waals surface area contributed by atoms with Crippen LogP contribution in [0.15, 0.2) is 18.2 Å². The fraction of sp³-hybridized carbons (Fsp3) is 0.462. The number of nitrogens with one attached hydrogen (secondary N) is 1. The lowest BCUT2D eigenvalue weighted by Gasteiger charge is -2.13. The summed E-state index contributed by atoms with van der Waals surface area (Å²) in [7, 11) is 0. The van der Waals surface area contributed by atoms with Gasteiger partial charge in [0.2, 0.25) is 0 Å². The van der Waals surface area contributed by atoms with Gasteiger partial charge in [-0.05, 0) is 44.0 Å². The highest BCUT2D eigenvalue weighted by molar-refractivity contribution is 5.41. The Bertz CT molecular complexity index is 403. The summed E-state index contributed by atoms with van der Waals surface area (Å²) >= 11 is 0. The molecule has 1 heterocycles. The molecule has 3 heteroatoms. The highest BCUT2D eigenvalue weighted by atomic mass is 16.5. The molecule has 1 unspecified atom stereocenters. The van der Waals surface area contributed by atoms with Gasteiger partial charge in [-0.2, -0.15) is 5.26 Å². The number of rotatable bonds is 3. The van der Waals surface area contributed by atoms with Crippen LogP contribution < -0.4 is 10.1 Å². The van der Waals surface area contributed by atoms with Crippen LogP contribution in [0.5, 0.6) is 5.75 Å². The molecule has 0 bridgehead atoms. The molecule has 1 aliphatic heterocycles. The van der Waals surface area contributed by atoms with Gasteiger partial charge in [-0.3, -0.25) is 0 Å². The minimum atomic E-state index is 0.463. The first-order chi connectivity index (χ1) is 7.79. The van der Waals surface area contributed by atoms with Gasteiger partial charge >= 0.3 is 0 Å². The molecule has 3 nitrogen and oxygen atoms in total. The van der Waals surface area contributed by atoms with Crippen molar-refractivity contribution in [3.05, 3.63) is 29.3 Å². The Kier molecular flexibility index (Phi) is 3.43. The van der Waals surface area contributed by atoms with Crippen LogP contribution in [-0.4, -0.2) is 19.2 Å². The topological polar surface area (TPSA) is 45.0 Å². The molecule has 16 heavy (non-hydrogen) atoms. The van der Waals surface area contributed by atoms with E-state index in [4.69, 9.17) is 10.00 Å². The van der Waals surface area contributed by atoms with Crippen LogP contribution in [0.1, 0.15) is 24.0 Å². The molecule has 1 saturated heterocycles. The minimum absolute atomic E-state index is 0.463. The Labute approximate surface area is 96.0 Å². The van der Waals surface area contributed by atoms with Crippen LogP contribution in [0.25, 0.3) is 0 Å². The minimum Gasteiger partial charge on any atom is -0.492 e. The normalized spacial score (nSPS) is 19.4. The highest BCUT2D eigenvalue weighted by Gasteiger charge is 2.14. The summed E-state index contributed by atoms with van der Waals surface area (Å²) < 4.78 is 5.75. The molecule has 1 aromatic carbocycles. The molecule has 0 saturated carbocycles. The van der Waals surface area contributed by atoms with Gasteiger partial charge in [0.1, 0.15) is 12.4 Å². The summed E-state index contributed by atoms with van der Waals surface area (Å²) in [6.07, 6.45) is 2.40. The van der Waals surface area contributed by atoms with E-state index >= 15 is 0 Å². The molecule has 1 aromatic rings. The summed E-state index contributed by atoms with van der Waals surface area (Å²) in [4.78, 5) is 0. The van der Waals surface area contributed by atoms with E-state index in [1.54, 1.807) is 0 Å². The summed E-state index contributed by atoms with van der Waals surface area (Å²) in [6.45, 7) is 3.78. The van der Waals surface area contributed by atoms with Gasteiger partial charge in [-0.25, -0.2) is 0 Å². The lowest BCUT2D eigenvalue weighted by atomic mass is 10.1. The van der Waals surface area contributed by atoms with E-state index in [1.165, 1.54) is 12.8 Å². The average Bonchev–Trinajstić information content (AvgIpc) is 2.81. The molecule has 1 atom stereocenters. The smallest absolute Gasteiger partial charge is 0.123 e. The summed E-state index contributed by atoms with van der Waals surface area (Å²) in [5.74, 6) is 0.827. The van der Waals surface area contributed by atoms with Crippen molar-refractivity contribution in [2.45, 2.75) is 25.8 Å². The molecule has 1 aliphatic rings. The predicted octanol–water partition coefficient (Wildman–Crippen LogP) is 2.00.